The van der Waals surface area contributed by atoms with Crippen molar-refractivity contribution in [3.8, 4) is 0 Å². The first kappa shape index (κ1) is 18.7. The molecule has 1 aromatic heterocycles. The lowest BCUT2D eigenvalue weighted by atomic mass is 10.0. The van der Waals surface area contributed by atoms with Crippen LogP contribution in [0.15, 0.2) is 53.5 Å². The number of anilines is 1. The number of aryl methyl sites for hydroxylation is 1. The smallest absolute Gasteiger partial charge is 0.322 e. The van der Waals surface area contributed by atoms with E-state index in [4.69, 9.17) is 0 Å². The van der Waals surface area contributed by atoms with Gasteiger partial charge in [0, 0.05) is 19.8 Å². The van der Waals surface area contributed by atoms with Crippen LogP contribution >= 0.6 is 0 Å². The number of aliphatic hydroxyl groups is 1. The van der Waals surface area contributed by atoms with Gasteiger partial charge < -0.3 is 19.9 Å². The van der Waals surface area contributed by atoms with Crippen molar-refractivity contribution in [2.75, 3.05) is 11.9 Å². The maximum absolute atomic E-state index is 12.8. The molecule has 1 atom stereocenters. The van der Waals surface area contributed by atoms with Gasteiger partial charge in [-0.1, -0.05) is 44.2 Å². The predicted molar refractivity (Wildman–Crippen MR) is 98.4 cm³/mol. The van der Waals surface area contributed by atoms with Crippen LogP contribution in [0.2, 0.25) is 0 Å². The number of aromatic nitrogens is 1. The number of amides is 2. The second kappa shape index (κ2) is 8.48. The summed E-state index contributed by atoms with van der Waals surface area (Å²) in [6.07, 6.45) is 1.63. The van der Waals surface area contributed by atoms with Crippen LogP contribution in [0.5, 0.6) is 0 Å². The Balaban J connectivity index is 2.28. The number of nitrogens with zero attached hydrogens (tertiary/aromatic N) is 2. The topological polar surface area (TPSA) is 74.6 Å². The fourth-order valence-corrected chi connectivity index (χ4v) is 2.67. The van der Waals surface area contributed by atoms with Crippen LogP contribution in [0.25, 0.3) is 0 Å². The number of aliphatic hydroxyl groups excluding tert-OH is 1. The molecule has 0 aliphatic carbocycles. The summed E-state index contributed by atoms with van der Waals surface area (Å²) in [7, 11) is 1.63. The molecule has 0 bridgehead atoms. The first-order chi connectivity index (χ1) is 11.9. The minimum Gasteiger partial charge on any atom is -0.394 e. The lowest BCUT2D eigenvalue weighted by Crippen LogP contribution is -2.47. The molecular weight excluding hydrogens is 318 g/mol. The monoisotopic (exact) mass is 343 g/mol. The molecule has 0 aliphatic heterocycles. The predicted octanol–water partition coefficient (Wildman–Crippen LogP) is 2.44. The summed E-state index contributed by atoms with van der Waals surface area (Å²) in [5, 5.41) is 12.5. The van der Waals surface area contributed by atoms with Gasteiger partial charge in [-0.05, 0) is 23.6 Å². The van der Waals surface area contributed by atoms with Crippen LogP contribution in [-0.2, 0) is 13.6 Å². The molecule has 2 aromatic rings. The number of nitrogens with one attached hydrogen (secondary N) is 1. The molecule has 6 nitrogen and oxygen atoms in total. The zero-order chi connectivity index (χ0) is 18.4. The molecule has 0 saturated heterocycles. The van der Waals surface area contributed by atoms with Gasteiger partial charge in [0.2, 0.25) is 0 Å². The van der Waals surface area contributed by atoms with Gasteiger partial charge in [-0.3, -0.25) is 4.79 Å². The van der Waals surface area contributed by atoms with Gasteiger partial charge >= 0.3 is 6.03 Å². The maximum Gasteiger partial charge on any atom is 0.322 e. The van der Waals surface area contributed by atoms with Gasteiger partial charge in [-0.25, -0.2) is 4.79 Å². The van der Waals surface area contributed by atoms with Crippen molar-refractivity contribution in [2.24, 2.45) is 13.0 Å². The fourth-order valence-electron chi connectivity index (χ4n) is 2.67. The van der Waals surface area contributed by atoms with E-state index in [9.17, 15) is 14.7 Å². The summed E-state index contributed by atoms with van der Waals surface area (Å²) in [6.45, 7) is 4.11. The van der Waals surface area contributed by atoms with E-state index < -0.39 is 6.03 Å². The highest BCUT2D eigenvalue weighted by atomic mass is 16.3. The minimum absolute atomic E-state index is 0.0677. The van der Waals surface area contributed by atoms with Crippen molar-refractivity contribution in [3.63, 3.8) is 0 Å². The van der Waals surface area contributed by atoms with Crippen molar-refractivity contribution in [1.82, 2.24) is 9.47 Å². The Bertz CT molecular complexity index is 756. The van der Waals surface area contributed by atoms with Crippen molar-refractivity contribution in [1.29, 1.82) is 0 Å². The molecule has 134 valence electrons. The summed E-state index contributed by atoms with van der Waals surface area (Å²) in [6, 6.07) is 12.1. The van der Waals surface area contributed by atoms with Crippen molar-refractivity contribution < 1.29 is 9.90 Å². The van der Waals surface area contributed by atoms with E-state index in [0.717, 1.165) is 5.56 Å². The van der Waals surface area contributed by atoms with Gasteiger partial charge in [0.25, 0.3) is 5.56 Å². The summed E-state index contributed by atoms with van der Waals surface area (Å²) in [5.74, 6) is 0.0677. The van der Waals surface area contributed by atoms with Crippen LogP contribution in [-0.4, -0.2) is 33.3 Å². The van der Waals surface area contributed by atoms with Gasteiger partial charge in [0.15, 0.2) is 0 Å². The Kier molecular flexibility index (Phi) is 6.36. The highest BCUT2D eigenvalue weighted by molar-refractivity contribution is 5.89. The molecule has 0 fully saturated rings. The Morgan fingerprint density at radius 2 is 1.88 bits per heavy atom. The molecule has 0 saturated carbocycles. The van der Waals surface area contributed by atoms with E-state index in [2.05, 4.69) is 5.32 Å². The summed E-state index contributed by atoms with van der Waals surface area (Å²) >= 11 is 0. The second-order valence-corrected chi connectivity index (χ2v) is 6.38. The molecule has 1 heterocycles. The minimum atomic E-state index is -0.403. The molecule has 2 rings (SSSR count). The molecule has 0 aliphatic rings. The Labute approximate surface area is 147 Å². The third-order valence-electron chi connectivity index (χ3n) is 4.18. The lowest BCUT2D eigenvalue weighted by molar-refractivity contribution is 0.110. The van der Waals surface area contributed by atoms with E-state index in [1.54, 1.807) is 30.3 Å². The molecule has 1 unspecified atom stereocenters. The zero-order valence-corrected chi connectivity index (χ0v) is 14.8. The molecule has 6 heteroatoms. The Hall–Kier alpha value is -2.60. The second-order valence-electron chi connectivity index (χ2n) is 6.38. The normalized spacial score (nSPS) is 12.0. The van der Waals surface area contributed by atoms with Gasteiger partial charge in [0.1, 0.15) is 5.69 Å². The SMILES string of the molecule is CC(C)C(CO)N(Cc1ccccc1)C(=O)Nc1cccn(C)c1=O. The molecule has 25 heavy (non-hydrogen) atoms. The molecule has 1 aromatic carbocycles. The van der Waals surface area contributed by atoms with Gasteiger partial charge in [-0.15, -0.1) is 0 Å². The fraction of sp³-hybridized carbons (Fsp3) is 0.368. The number of carbonyl (C=O) groups excluding carboxylic acids is 1. The van der Waals surface area contributed by atoms with Gasteiger partial charge in [-0.2, -0.15) is 0 Å². The quantitative estimate of drug-likeness (QED) is 0.846. The average molecular weight is 343 g/mol. The Morgan fingerprint density at radius 1 is 1.20 bits per heavy atom. The number of hydrogen-bond donors (Lipinski definition) is 2. The summed E-state index contributed by atoms with van der Waals surface area (Å²) < 4.78 is 1.41. The van der Waals surface area contributed by atoms with Crippen molar-refractivity contribution in [2.45, 2.75) is 26.4 Å². The van der Waals surface area contributed by atoms with Gasteiger partial charge in [0.05, 0.1) is 12.6 Å². The van der Waals surface area contributed by atoms with E-state index in [-0.39, 0.29) is 29.8 Å². The molecule has 2 N–H and O–H groups in total. The molecule has 0 radical (unpaired) electrons. The van der Waals surface area contributed by atoms with E-state index in [1.165, 1.54) is 4.57 Å². The van der Waals surface area contributed by atoms with Crippen molar-refractivity contribution >= 4 is 11.7 Å². The number of urea groups is 1. The third kappa shape index (κ3) is 4.70. The van der Waals surface area contributed by atoms with E-state index >= 15 is 0 Å². The number of rotatable bonds is 6. The van der Waals surface area contributed by atoms with Crippen LogP contribution < -0.4 is 10.9 Å². The van der Waals surface area contributed by atoms with Crippen LogP contribution in [0, 0.1) is 5.92 Å². The van der Waals surface area contributed by atoms with Crippen LogP contribution in [0.3, 0.4) is 0 Å². The van der Waals surface area contributed by atoms with E-state index in [0.29, 0.717) is 6.54 Å². The lowest BCUT2D eigenvalue weighted by Gasteiger charge is -2.33. The Morgan fingerprint density at radius 3 is 2.48 bits per heavy atom. The summed E-state index contributed by atoms with van der Waals surface area (Å²) in [4.78, 5) is 26.6. The maximum atomic E-state index is 12.8. The summed E-state index contributed by atoms with van der Waals surface area (Å²) in [5.41, 5.74) is 0.895. The number of carbonyl (C=O) groups is 1. The first-order valence-corrected chi connectivity index (χ1v) is 8.32. The standard InChI is InChI=1S/C19H25N3O3/c1-14(2)17(13-23)22(12-15-8-5-4-6-9-15)19(25)20-16-10-7-11-21(3)18(16)24/h4-11,14,17,23H,12-13H2,1-3H3,(H,20,25). The number of pyridine rings is 1. The van der Waals surface area contributed by atoms with Crippen molar-refractivity contribution in [3.05, 3.63) is 64.6 Å². The first-order valence-electron chi connectivity index (χ1n) is 8.32. The number of hydrogen-bond acceptors (Lipinski definition) is 3. The number of benzene rings is 1. The molecular formula is C19H25N3O3. The third-order valence-corrected chi connectivity index (χ3v) is 4.18. The zero-order valence-electron chi connectivity index (χ0n) is 14.8. The highest BCUT2D eigenvalue weighted by Crippen LogP contribution is 2.16. The average Bonchev–Trinajstić information content (AvgIpc) is 2.59. The molecule has 0 spiro atoms. The molecule has 2 amide bonds. The van der Waals surface area contributed by atoms with Crippen LogP contribution in [0.1, 0.15) is 19.4 Å². The van der Waals surface area contributed by atoms with E-state index in [1.807, 2.05) is 44.2 Å². The van der Waals surface area contributed by atoms with Crippen LogP contribution in [0.4, 0.5) is 10.5 Å². The highest BCUT2D eigenvalue weighted by Gasteiger charge is 2.26. The largest absolute Gasteiger partial charge is 0.394 e.